The summed E-state index contributed by atoms with van der Waals surface area (Å²) in [6, 6.07) is 5.80. The van der Waals surface area contributed by atoms with E-state index in [9.17, 15) is 4.79 Å². The van der Waals surface area contributed by atoms with E-state index in [0.29, 0.717) is 12.2 Å². The van der Waals surface area contributed by atoms with Crippen LogP contribution in [0.25, 0.3) is 0 Å². The number of carbonyl (C=O) groups is 1. The highest BCUT2D eigenvalue weighted by atomic mass is 32.2. The third-order valence-electron chi connectivity index (χ3n) is 1.93. The first-order chi connectivity index (χ1) is 7.19. The number of ether oxygens (including phenoxy) is 1. The average molecular weight is 224 g/mol. The summed E-state index contributed by atoms with van der Waals surface area (Å²) in [5.74, 6) is 0.726. The number of hydrogen-bond donors (Lipinski definition) is 0. The standard InChI is InChI=1S/C12H16O2S/c1-4-14-12(13)10-7-6-9(3)8-11(10)15-5-2/h6-8H,4-5H2,1-3H3. The van der Waals surface area contributed by atoms with Crippen molar-refractivity contribution in [3.8, 4) is 0 Å². The van der Waals surface area contributed by atoms with Gasteiger partial charge in [-0.15, -0.1) is 11.8 Å². The van der Waals surface area contributed by atoms with E-state index in [-0.39, 0.29) is 5.97 Å². The highest BCUT2D eigenvalue weighted by Crippen LogP contribution is 2.24. The maximum atomic E-state index is 11.6. The zero-order valence-corrected chi connectivity index (χ0v) is 10.2. The highest BCUT2D eigenvalue weighted by Gasteiger charge is 2.12. The molecule has 0 aliphatic carbocycles. The molecule has 82 valence electrons. The van der Waals surface area contributed by atoms with E-state index in [0.717, 1.165) is 10.6 Å². The van der Waals surface area contributed by atoms with Gasteiger partial charge in [0.15, 0.2) is 0 Å². The minimum Gasteiger partial charge on any atom is -0.462 e. The average Bonchev–Trinajstić information content (AvgIpc) is 2.18. The van der Waals surface area contributed by atoms with Gasteiger partial charge < -0.3 is 4.74 Å². The van der Waals surface area contributed by atoms with E-state index in [1.165, 1.54) is 5.56 Å². The van der Waals surface area contributed by atoms with E-state index < -0.39 is 0 Å². The van der Waals surface area contributed by atoms with Gasteiger partial charge in [-0.25, -0.2) is 4.79 Å². The number of aryl methyl sites for hydroxylation is 1. The molecule has 0 amide bonds. The Hall–Kier alpha value is -0.960. The molecule has 0 saturated heterocycles. The summed E-state index contributed by atoms with van der Waals surface area (Å²) in [6.07, 6.45) is 0. The minimum atomic E-state index is -0.228. The van der Waals surface area contributed by atoms with Crippen molar-refractivity contribution >= 4 is 17.7 Å². The van der Waals surface area contributed by atoms with Gasteiger partial charge in [-0.2, -0.15) is 0 Å². The van der Waals surface area contributed by atoms with Crippen LogP contribution in [-0.2, 0) is 4.74 Å². The number of esters is 1. The Labute approximate surface area is 95.0 Å². The fourth-order valence-corrected chi connectivity index (χ4v) is 2.17. The van der Waals surface area contributed by atoms with Crippen molar-refractivity contribution in [1.82, 2.24) is 0 Å². The molecule has 2 nitrogen and oxygen atoms in total. The van der Waals surface area contributed by atoms with Crippen molar-refractivity contribution < 1.29 is 9.53 Å². The molecule has 0 atom stereocenters. The summed E-state index contributed by atoms with van der Waals surface area (Å²) < 4.78 is 5.00. The van der Waals surface area contributed by atoms with Crippen LogP contribution >= 0.6 is 11.8 Å². The van der Waals surface area contributed by atoms with Crippen LogP contribution in [0.1, 0.15) is 29.8 Å². The second-order valence-corrected chi connectivity index (χ2v) is 4.46. The van der Waals surface area contributed by atoms with Crippen LogP contribution in [0.15, 0.2) is 23.1 Å². The van der Waals surface area contributed by atoms with Crippen LogP contribution in [0, 0.1) is 6.92 Å². The fourth-order valence-electron chi connectivity index (χ4n) is 1.28. The maximum Gasteiger partial charge on any atom is 0.339 e. The molecule has 0 aliphatic heterocycles. The third-order valence-corrected chi connectivity index (χ3v) is 2.87. The summed E-state index contributed by atoms with van der Waals surface area (Å²) in [5.41, 5.74) is 1.84. The van der Waals surface area contributed by atoms with Crippen LogP contribution in [0.3, 0.4) is 0 Å². The molecular formula is C12H16O2S. The van der Waals surface area contributed by atoms with Crippen molar-refractivity contribution in [3.05, 3.63) is 29.3 Å². The van der Waals surface area contributed by atoms with Gasteiger partial charge in [0.25, 0.3) is 0 Å². The van der Waals surface area contributed by atoms with Gasteiger partial charge in [0.2, 0.25) is 0 Å². The van der Waals surface area contributed by atoms with Crippen molar-refractivity contribution in [2.75, 3.05) is 12.4 Å². The summed E-state index contributed by atoms with van der Waals surface area (Å²) >= 11 is 1.67. The van der Waals surface area contributed by atoms with E-state index in [2.05, 4.69) is 6.92 Å². The Bertz CT molecular complexity index is 347. The predicted octanol–water partition coefficient (Wildman–Crippen LogP) is 3.28. The molecular weight excluding hydrogens is 208 g/mol. The molecule has 15 heavy (non-hydrogen) atoms. The predicted molar refractivity (Wildman–Crippen MR) is 63.5 cm³/mol. The summed E-state index contributed by atoms with van der Waals surface area (Å²) in [4.78, 5) is 12.6. The van der Waals surface area contributed by atoms with Crippen LogP contribution in [-0.4, -0.2) is 18.3 Å². The van der Waals surface area contributed by atoms with Crippen molar-refractivity contribution in [3.63, 3.8) is 0 Å². The normalized spacial score (nSPS) is 10.1. The number of benzene rings is 1. The Kier molecular flexibility index (Phi) is 4.69. The molecule has 1 aromatic rings. The van der Waals surface area contributed by atoms with Gasteiger partial charge in [0.05, 0.1) is 12.2 Å². The van der Waals surface area contributed by atoms with E-state index in [1.807, 2.05) is 32.0 Å². The highest BCUT2D eigenvalue weighted by molar-refractivity contribution is 7.99. The lowest BCUT2D eigenvalue weighted by atomic mass is 10.1. The molecule has 0 aliphatic rings. The fraction of sp³-hybridized carbons (Fsp3) is 0.417. The molecule has 0 heterocycles. The molecule has 0 N–H and O–H groups in total. The SMILES string of the molecule is CCOC(=O)c1ccc(C)cc1SCC. The zero-order valence-electron chi connectivity index (χ0n) is 9.37. The Balaban J connectivity index is 2.99. The first kappa shape index (κ1) is 12.1. The van der Waals surface area contributed by atoms with Crippen molar-refractivity contribution in [2.45, 2.75) is 25.7 Å². The monoisotopic (exact) mass is 224 g/mol. The van der Waals surface area contributed by atoms with E-state index in [1.54, 1.807) is 11.8 Å². The minimum absolute atomic E-state index is 0.228. The second kappa shape index (κ2) is 5.81. The zero-order chi connectivity index (χ0) is 11.3. The molecule has 0 spiro atoms. The molecule has 3 heteroatoms. The smallest absolute Gasteiger partial charge is 0.339 e. The van der Waals surface area contributed by atoms with E-state index >= 15 is 0 Å². The maximum absolute atomic E-state index is 11.6. The number of rotatable bonds is 4. The lowest BCUT2D eigenvalue weighted by Crippen LogP contribution is -2.06. The lowest BCUT2D eigenvalue weighted by Gasteiger charge is -2.08. The van der Waals surface area contributed by atoms with Gasteiger partial charge in [0.1, 0.15) is 0 Å². The molecule has 0 aromatic heterocycles. The van der Waals surface area contributed by atoms with E-state index in [4.69, 9.17) is 4.74 Å². The van der Waals surface area contributed by atoms with Crippen LogP contribution in [0.2, 0.25) is 0 Å². The quantitative estimate of drug-likeness (QED) is 0.580. The van der Waals surface area contributed by atoms with Crippen LogP contribution < -0.4 is 0 Å². The summed E-state index contributed by atoms with van der Waals surface area (Å²) in [6.45, 7) is 6.33. The number of hydrogen-bond acceptors (Lipinski definition) is 3. The number of carbonyl (C=O) groups excluding carboxylic acids is 1. The summed E-state index contributed by atoms with van der Waals surface area (Å²) in [5, 5.41) is 0. The van der Waals surface area contributed by atoms with Gasteiger partial charge >= 0.3 is 5.97 Å². The first-order valence-electron chi connectivity index (χ1n) is 5.09. The molecule has 0 bridgehead atoms. The van der Waals surface area contributed by atoms with Crippen LogP contribution in [0.4, 0.5) is 0 Å². The topological polar surface area (TPSA) is 26.3 Å². The Morgan fingerprint density at radius 3 is 2.73 bits per heavy atom. The summed E-state index contributed by atoms with van der Waals surface area (Å²) in [7, 11) is 0. The van der Waals surface area contributed by atoms with Crippen molar-refractivity contribution in [2.24, 2.45) is 0 Å². The third kappa shape index (κ3) is 3.27. The van der Waals surface area contributed by atoms with Gasteiger partial charge in [0, 0.05) is 4.90 Å². The molecule has 1 aromatic carbocycles. The van der Waals surface area contributed by atoms with Gasteiger partial charge in [-0.05, 0) is 37.3 Å². The van der Waals surface area contributed by atoms with Gasteiger partial charge in [-0.3, -0.25) is 0 Å². The molecule has 0 fully saturated rings. The molecule has 0 radical (unpaired) electrons. The first-order valence-corrected chi connectivity index (χ1v) is 6.08. The lowest BCUT2D eigenvalue weighted by molar-refractivity contribution is 0.0522. The molecule has 0 saturated carbocycles. The van der Waals surface area contributed by atoms with Crippen LogP contribution in [0.5, 0.6) is 0 Å². The second-order valence-electron chi connectivity index (χ2n) is 3.15. The number of thioether (sulfide) groups is 1. The Morgan fingerprint density at radius 2 is 2.13 bits per heavy atom. The molecule has 1 rings (SSSR count). The van der Waals surface area contributed by atoms with Crippen molar-refractivity contribution in [1.29, 1.82) is 0 Å². The Morgan fingerprint density at radius 1 is 1.40 bits per heavy atom. The largest absolute Gasteiger partial charge is 0.462 e. The van der Waals surface area contributed by atoms with Gasteiger partial charge in [-0.1, -0.05) is 13.0 Å². The molecule has 0 unspecified atom stereocenters.